The van der Waals surface area contributed by atoms with E-state index in [1.54, 1.807) is 0 Å². The van der Waals surface area contributed by atoms with Crippen molar-refractivity contribution in [2.24, 2.45) is 0 Å². The number of rotatable bonds is 4. The monoisotopic (exact) mass is 210 g/mol. The standard InChI is InChI=1S/C11H18N2O2/c1-3-7-14-11-9-8-13(4-2)6-5-10(9)15-12-11/h3-8H2,1-2H3. The van der Waals surface area contributed by atoms with Crippen LogP contribution in [0.3, 0.4) is 0 Å². The zero-order valence-electron chi connectivity index (χ0n) is 9.45. The van der Waals surface area contributed by atoms with Crippen LogP contribution < -0.4 is 4.74 Å². The Labute approximate surface area is 90.2 Å². The second-order valence-electron chi connectivity index (χ2n) is 3.86. The topological polar surface area (TPSA) is 38.5 Å². The summed E-state index contributed by atoms with van der Waals surface area (Å²) in [5.74, 6) is 1.70. The van der Waals surface area contributed by atoms with E-state index in [1.165, 1.54) is 0 Å². The predicted molar refractivity (Wildman–Crippen MR) is 56.9 cm³/mol. The van der Waals surface area contributed by atoms with Gasteiger partial charge in [-0.25, -0.2) is 0 Å². The zero-order valence-corrected chi connectivity index (χ0v) is 9.45. The second-order valence-corrected chi connectivity index (χ2v) is 3.86. The summed E-state index contributed by atoms with van der Waals surface area (Å²) in [5.41, 5.74) is 1.15. The number of likely N-dealkylation sites (N-methyl/N-ethyl adjacent to an activating group) is 1. The third-order valence-electron chi connectivity index (χ3n) is 2.76. The van der Waals surface area contributed by atoms with Gasteiger partial charge in [0.15, 0.2) is 0 Å². The molecule has 0 atom stereocenters. The van der Waals surface area contributed by atoms with Gasteiger partial charge in [-0.3, -0.25) is 4.90 Å². The smallest absolute Gasteiger partial charge is 0.258 e. The summed E-state index contributed by atoms with van der Waals surface area (Å²) >= 11 is 0. The van der Waals surface area contributed by atoms with Crippen molar-refractivity contribution in [2.75, 3.05) is 19.7 Å². The van der Waals surface area contributed by atoms with Crippen LogP contribution in [0.25, 0.3) is 0 Å². The van der Waals surface area contributed by atoms with Crippen molar-refractivity contribution in [1.29, 1.82) is 0 Å². The van der Waals surface area contributed by atoms with E-state index in [2.05, 4.69) is 23.9 Å². The summed E-state index contributed by atoms with van der Waals surface area (Å²) in [6, 6.07) is 0. The first-order chi connectivity index (χ1) is 7.35. The fraction of sp³-hybridized carbons (Fsp3) is 0.727. The highest BCUT2D eigenvalue weighted by Gasteiger charge is 2.24. The minimum absolute atomic E-state index is 0.699. The average molecular weight is 210 g/mol. The van der Waals surface area contributed by atoms with E-state index in [0.717, 1.165) is 43.8 Å². The molecule has 2 rings (SSSR count). The quantitative estimate of drug-likeness (QED) is 0.760. The first kappa shape index (κ1) is 10.5. The molecule has 0 unspecified atom stereocenters. The van der Waals surface area contributed by atoms with Gasteiger partial charge < -0.3 is 9.26 Å². The van der Waals surface area contributed by atoms with Gasteiger partial charge in [0.1, 0.15) is 5.76 Å². The first-order valence-electron chi connectivity index (χ1n) is 5.67. The van der Waals surface area contributed by atoms with E-state index in [9.17, 15) is 0 Å². The highest BCUT2D eigenvalue weighted by atomic mass is 16.5. The Morgan fingerprint density at radius 3 is 3.07 bits per heavy atom. The Bertz CT molecular complexity index is 322. The second kappa shape index (κ2) is 4.66. The summed E-state index contributed by atoms with van der Waals surface area (Å²) in [6.07, 6.45) is 1.95. The molecule has 0 N–H and O–H groups in total. The number of ether oxygens (including phenoxy) is 1. The van der Waals surface area contributed by atoms with Crippen LogP contribution in [-0.4, -0.2) is 29.8 Å². The molecule has 1 aliphatic heterocycles. The van der Waals surface area contributed by atoms with Crippen LogP contribution in [0, 0.1) is 0 Å². The van der Waals surface area contributed by atoms with Crippen molar-refractivity contribution < 1.29 is 9.26 Å². The maximum atomic E-state index is 5.55. The van der Waals surface area contributed by atoms with Crippen molar-refractivity contribution in [3.63, 3.8) is 0 Å². The van der Waals surface area contributed by atoms with E-state index >= 15 is 0 Å². The highest BCUT2D eigenvalue weighted by Crippen LogP contribution is 2.27. The molecule has 84 valence electrons. The zero-order chi connectivity index (χ0) is 10.7. The van der Waals surface area contributed by atoms with Gasteiger partial charge >= 0.3 is 0 Å². The van der Waals surface area contributed by atoms with Gasteiger partial charge in [-0.1, -0.05) is 13.8 Å². The van der Waals surface area contributed by atoms with E-state index in [0.29, 0.717) is 12.5 Å². The van der Waals surface area contributed by atoms with Crippen molar-refractivity contribution in [1.82, 2.24) is 10.1 Å². The molecule has 0 bridgehead atoms. The molecule has 0 radical (unpaired) electrons. The van der Waals surface area contributed by atoms with E-state index in [-0.39, 0.29) is 0 Å². The highest BCUT2D eigenvalue weighted by molar-refractivity contribution is 5.30. The maximum Gasteiger partial charge on any atom is 0.258 e. The lowest BCUT2D eigenvalue weighted by Crippen LogP contribution is -2.29. The Kier molecular flexibility index (Phi) is 3.26. The van der Waals surface area contributed by atoms with Crippen LogP contribution in [0.1, 0.15) is 31.6 Å². The molecule has 4 heteroatoms. The molecule has 1 aromatic rings. The molecule has 0 aliphatic carbocycles. The minimum Gasteiger partial charge on any atom is -0.475 e. The van der Waals surface area contributed by atoms with Crippen molar-refractivity contribution >= 4 is 0 Å². The van der Waals surface area contributed by atoms with E-state index < -0.39 is 0 Å². The lowest BCUT2D eigenvalue weighted by Gasteiger charge is -2.23. The van der Waals surface area contributed by atoms with Crippen molar-refractivity contribution in [3.8, 4) is 5.88 Å². The van der Waals surface area contributed by atoms with Crippen LogP contribution >= 0.6 is 0 Å². The number of hydrogen-bond donors (Lipinski definition) is 0. The lowest BCUT2D eigenvalue weighted by molar-refractivity contribution is 0.246. The number of fused-ring (bicyclic) bond motifs is 1. The lowest BCUT2D eigenvalue weighted by atomic mass is 10.1. The van der Waals surface area contributed by atoms with E-state index in [4.69, 9.17) is 9.26 Å². The molecule has 2 heterocycles. The predicted octanol–water partition coefficient (Wildman–Crippen LogP) is 1.84. The molecule has 0 aromatic carbocycles. The summed E-state index contributed by atoms with van der Waals surface area (Å²) in [7, 11) is 0. The first-order valence-corrected chi connectivity index (χ1v) is 5.67. The van der Waals surface area contributed by atoms with Crippen LogP contribution in [0.4, 0.5) is 0 Å². The molecule has 0 amide bonds. The van der Waals surface area contributed by atoms with E-state index in [1.807, 2.05) is 0 Å². The molecule has 15 heavy (non-hydrogen) atoms. The number of aromatic nitrogens is 1. The maximum absolute atomic E-state index is 5.55. The molecule has 0 saturated carbocycles. The number of hydrogen-bond acceptors (Lipinski definition) is 4. The van der Waals surface area contributed by atoms with Gasteiger partial charge in [-0.2, -0.15) is 0 Å². The summed E-state index contributed by atoms with van der Waals surface area (Å²) in [6.45, 7) is 8.01. The third-order valence-corrected chi connectivity index (χ3v) is 2.76. The fourth-order valence-corrected chi connectivity index (χ4v) is 1.82. The molecule has 0 spiro atoms. The summed E-state index contributed by atoms with van der Waals surface area (Å²) in [4.78, 5) is 2.37. The molecular weight excluding hydrogens is 192 g/mol. The van der Waals surface area contributed by atoms with Crippen molar-refractivity contribution in [3.05, 3.63) is 11.3 Å². The molecule has 0 saturated heterocycles. The largest absolute Gasteiger partial charge is 0.475 e. The third kappa shape index (κ3) is 2.15. The summed E-state index contributed by atoms with van der Waals surface area (Å²) in [5, 5.41) is 3.98. The van der Waals surface area contributed by atoms with Crippen LogP contribution in [0.15, 0.2) is 4.52 Å². The summed E-state index contributed by atoms with van der Waals surface area (Å²) < 4.78 is 10.8. The van der Waals surface area contributed by atoms with Gasteiger partial charge in [-0.15, -0.1) is 0 Å². The van der Waals surface area contributed by atoms with Gasteiger partial charge in [0.2, 0.25) is 0 Å². The van der Waals surface area contributed by atoms with Crippen LogP contribution in [0.5, 0.6) is 5.88 Å². The molecule has 0 fully saturated rings. The Balaban J connectivity index is 2.10. The molecule has 1 aromatic heterocycles. The molecule has 4 nitrogen and oxygen atoms in total. The van der Waals surface area contributed by atoms with Crippen LogP contribution in [-0.2, 0) is 13.0 Å². The Morgan fingerprint density at radius 1 is 1.47 bits per heavy atom. The Morgan fingerprint density at radius 2 is 2.33 bits per heavy atom. The van der Waals surface area contributed by atoms with Crippen LogP contribution in [0.2, 0.25) is 0 Å². The fourth-order valence-electron chi connectivity index (χ4n) is 1.82. The van der Waals surface area contributed by atoms with Gasteiger partial charge in [0, 0.05) is 19.5 Å². The minimum atomic E-state index is 0.699. The van der Waals surface area contributed by atoms with Gasteiger partial charge in [-0.05, 0) is 18.1 Å². The van der Waals surface area contributed by atoms with Gasteiger partial charge in [0.05, 0.1) is 12.2 Å². The normalized spacial score (nSPS) is 16.4. The van der Waals surface area contributed by atoms with Gasteiger partial charge in [0.25, 0.3) is 5.88 Å². The SMILES string of the molecule is CCCOc1noc2c1CN(CC)CC2. The Hall–Kier alpha value is -1.03. The molecule has 1 aliphatic rings. The molecular formula is C11H18N2O2. The average Bonchev–Trinajstić information content (AvgIpc) is 2.68. The number of nitrogens with zero attached hydrogens (tertiary/aromatic N) is 2. The van der Waals surface area contributed by atoms with Crippen molar-refractivity contribution in [2.45, 2.75) is 33.2 Å².